The Morgan fingerprint density at radius 2 is 1.90 bits per heavy atom. The summed E-state index contributed by atoms with van der Waals surface area (Å²) in [6.07, 6.45) is 3.09. The van der Waals surface area contributed by atoms with Crippen molar-refractivity contribution in [2.75, 3.05) is 10.2 Å². The van der Waals surface area contributed by atoms with Crippen LogP contribution in [0.15, 0.2) is 71.3 Å². The van der Waals surface area contributed by atoms with E-state index >= 15 is 0 Å². The zero-order valence-electron chi connectivity index (χ0n) is 16.4. The molecule has 2 amide bonds. The van der Waals surface area contributed by atoms with E-state index in [4.69, 9.17) is 4.42 Å². The zero-order valence-corrected chi connectivity index (χ0v) is 16.4. The van der Waals surface area contributed by atoms with Gasteiger partial charge < -0.3 is 14.6 Å². The molecule has 1 aliphatic rings. The van der Waals surface area contributed by atoms with Crippen molar-refractivity contribution < 1.29 is 14.0 Å². The van der Waals surface area contributed by atoms with E-state index in [2.05, 4.69) is 5.32 Å². The van der Waals surface area contributed by atoms with Gasteiger partial charge in [-0.1, -0.05) is 35.9 Å². The van der Waals surface area contributed by atoms with Crippen LogP contribution in [0.5, 0.6) is 0 Å². The molecule has 1 aromatic heterocycles. The van der Waals surface area contributed by atoms with Crippen LogP contribution in [0.1, 0.15) is 29.7 Å². The SMILES string of the molecule is Cc1ccc(N(Cc2ccco2)C(=O)CCC2Cc3ccccc3NC2=O)cc1. The van der Waals surface area contributed by atoms with E-state index in [9.17, 15) is 9.59 Å². The van der Waals surface area contributed by atoms with E-state index in [0.29, 0.717) is 25.8 Å². The minimum atomic E-state index is -0.197. The lowest BCUT2D eigenvalue weighted by Gasteiger charge is -2.26. The predicted octanol–water partition coefficient (Wildman–Crippen LogP) is 4.71. The van der Waals surface area contributed by atoms with Crippen LogP contribution in [0, 0.1) is 12.8 Å². The van der Waals surface area contributed by atoms with Crippen molar-refractivity contribution in [3.05, 3.63) is 83.8 Å². The van der Waals surface area contributed by atoms with Crippen molar-refractivity contribution in [2.45, 2.75) is 32.7 Å². The van der Waals surface area contributed by atoms with Gasteiger partial charge in [-0.3, -0.25) is 9.59 Å². The largest absolute Gasteiger partial charge is 0.467 e. The number of fused-ring (bicyclic) bond motifs is 1. The third kappa shape index (κ3) is 4.40. The number of para-hydroxylation sites is 1. The fourth-order valence-corrected chi connectivity index (χ4v) is 3.69. The first-order valence-electron chi connectivity index (χ1n) is 9.88. The average Bonchev–Trinajstić information content (AvgIpc) is 3.24. The first-order valence-corrected chi connectivity index (χ1v) is 9.88. The number of amides is 2. The van der Waals surface area contributed by atoms with Gasteiger partial charge in [-0.05, 0) is 55.7 Å². The fraction of sp³-hybridized carbons (Fsp3) is 0.250. The Kier molecular flexibility index (Phi) is 5.47. The Morgan fingerprint density at radius 1 is 1.10 bits per heavy atom. The summed E-state index contributed by atoms with van der Waals surface area (Å²) in [7, 11) is 0. The third-order valence-corrected chi connectivity index (χ3v) is 5.36. The lowest BCUT2D eigenvalue weighted by Crippen LogP contribution is -2.33. The molecule has 2 aromatic carbocycles. The van der Waals surface area contributed by atoms with Crippen LogP contribution < -0.4 is 10.2 Å². The van der Waals surface area contributed by atoms with E-state index in [1.165, 1.54) is 0 Å². The molecule has 2 heterocycles. The normalized spacial score (nSPS) is 15.5. The van der Waals surface area contributed by atoms with Gasteiger partial charge in [-0.25, -0.2) is 0 Å². The topological polar surface area (TPSA) is 62.6 Å². The highest BCUT2D eigenvalue weighted by Gasteiger charge is 2.27. The Hall–Kier alpha value is -3.34. The van der Waals surface area contributed by atoms with Crippen molar-refractivity contribution >= 4 is 23.2 Å². The predicted molar refractivity (Wildman–Crippen MR) is 113 cm³/mol. The minimum Gasteiger partial charge on any atom is -0.467 e. The molecule has 0 bridgehead atoms. The van der Waals surface area contributed by atoms with Crippen LogP contribution in [0.25, 0.3) is 0 Å². The highest BCUT2D eigenvalue weighted by Crippen LogP contribution is 2.28. The molecule has 0 radical (unpaired) electrons. The molecule has 0 spiro atoms. The summed E-state index contributed by atoms with van der Waals surface area (Å²) < 4.78 is 5.45. The van der Waals surface area contributed by atoms with Gasteiger partial charge in [-0.2, -0.15) is 0 Å². The summed E-state index contributed by atoms with van der Waals surface area (Å²) in [5.74, 6) is 0.502. The van der Waals surface area contributed by atoms with Crippen LogP contribution in [0.2, 0.25) is 0 Å². The number of hydrogen-bond acceptors (Lipinski definition) is 3. The Balaban J connectivity index is 1.46. The molecule has 4 rings (SSSR count). The quantitative estimate of drug-likeness (QED) is 0.665. The van der Waals surface area contributed by atoms with Crippen molar-refractivity contribution in [1.82, 2.24) is 0 Å². The summed E-state index contributed by atoms with van der Waals surface area (Å²) in [6.45, 7) is 2.39. The summed E-state index contributed by atoms with van der Waals surface area (Å²) in [5.41, 5.74) is 3.96. The molecule has 29 heavy (non-hydrogen) atoms. The standard InChI is InChI=1S/C24H24N2O3/c1-17-8-11-20(12-9-17)26(16-21-6-4-14-29-21)23(27)13-10-19-15-18-5-2-3-7-22(18)25-24(19)28/h2-9,11-12,14,19H,10,13,15-16H2,1H3,(H,25,28). The maximum Gasteiger partial charge on any atom is 0.227 e. The van der Waals surface area contributed by atoms with Gasteiger partial charge in [-0.15, -0.1) is 0 Å². The lowest BCUT2D eigenvalue weighted by atomic mass is 9.89. The smallest absolute Gasteiger partial charge is 0.227 e. The number of anilines is 2. The molecular weight excluding hydrogens is 364 g/mol. The first kappa shape index (κ1) is 19.0. The molecule has 0 fully saturated rings. The molecule has 3 aromatic rings. The van der Waals surface area contributed by atoms with Gasteiger partial charge in [0.1, 0.15) is 5.76 Å². The number of nitrogens with one attached hydrogen (secondary N) is 1. The number of hydrogen-bond donors (Lipinski definition) is 1. The van der Waals surface area contributed by atoms with Crippen molar-refractivity contribution in [3.63, 3.8) is 0 Å². The second-order valence-electron chi connectivity index (χ2n) is 7.48. The highest BCUT2D eigenvalue weighted by atomic mass is 16.3. The van der Waals surface area contributed by atoms with Gasteiger partial charge in [0.05, 0.1) is 12.8 Å². The van der Waals surface area contributed by atoms with Gasteiger partial charge in [0.2, 0.25) is 11.8 Å². The number of carbonyl (C=O) groups is 2. The number of rotatable bonds is 6. The zero-order chi connectivity index (χ0) is 20.2. The van der Waals surface area contributed by atoms with Crippen LogP contribution in [0.3, 0.4) is 0 Å². The van der Waals surface area contributed by atoms with Crippen molar-refractivity contribution in [3.8, 4) is 0 Å². The van der Waals surface area contributed by atoms with Crippen molar-refractivity contribution in [1.29, 1.82) is 0 Å². The van der Waals surface area contributed by atoms with E-state index in [1.807, 2.05) is 67.6 Å². The van der Waals surface area contributed by atoms with Gasteiger partial charge in [0.25, 0.3) is 0 Å². The van der Waals surface area contributed by atoms with Crippen LogP contribution in [-0.4, -0.2) is 11.8 Å². The summed E-state index contributed by atoms with van der Waals surface area (Å²) >= 11 is 0. The van der Waals surface area contributed by atoms with Gasteiger partial charge in [0.15, 0.2) is 0 Å². The number of nitrogens with zero attached hydrogens (tertiary/aromatic N) is 1. The van der Waals surface area contributed by atoms with Gasteiger partial charge in [0, 0.05) is 23.7 Å². The molecule has 148 valence electrons. The van der Waals surface area contributed by atoms with Gasteiger partial charge >= 0.3 is 0 Å². The molecule has 1 unspecified atom stereocenters. The summed E-state index contributed by atoms with van der Waals surface area (Å²) in [4.78, 5) is 27.3. The molecule has 0 saturated heterocycles. The molecule has 5 heteroatoms. The van der Waals surface area contributed by atoms with E-state index < -0.39 is 0 Å². The maximum absolute atomic E-state index is 13.1. The Labute approximate surface area is 170 Å². The third-order valence-electron chi connectivity index (χ3n) is 5.36. The lowest BCUT2D eigenvalue weighted by molar-refractivity contribution is -0.121. The molecule has 1 aliphatic heterocycles. The first-order chi connectivity index (χ1) is 14.1. The molecular formula is C24H24N2O3. The number of benzene rings is 2. The Morgan fingerprint density at radius 3 is 2.66 bits per heavy atom. The van der Waals surface area contributed by atoms with Crippen LogP contribution in [0.4, 0.5) is 11.4 Å². The van der Waals surface area contributed by atoms with Crippen LogP contribution in [-0.2, 0) is 22.6 Å². The van der Waals surface area contributed by atoms with E-state index in [1.54, 1.807) is 11.2 Å². The summed E-state index contributed by atoms with van der Waals surface area (Å²) in [6, 6.07) is 19.4. The minimum absolute atomic E-state index is 0.00980. The molecule has 0 aliphatic carbocycles. The second kappa shape index (κ2) is 8.35. The van der Waals surface area contributed by atoms with E-state index in [-0.39, 0.29) is 17.7 Å². The summed E-state index contributed by atoms with van der Waals surface area (Å²) in [5, 5.41) is 2.96. The van der Waals surface area contributed by atoms with E-state index in [0.717, 1.165) is 28.3 Å². The number of furan rings is 1. The fourth-order valence-electron chi connectivity index (χ4n) is 3.69. The molecule has 5 nitrogen and oxygen atoms in total. The highest BCUT2D eigenvalue weighted by molar-refractivity contribution is 5.97. The molecule has 1 atom stereocenters. The van der Waals surface area contributed by atoms with Crippen molar-refractivity contribution in [2.24, 2.45) is 5.92 Å². The second-order valence-corrected chi connectivity index (χ2v) is 7.48. The Bertz CT molecular complexity index is 993. The molecule has 1 N–H and O–H groups in total. The molecule has 0 saturated carbocycles. The monoisotopic (exact) mass is 388 g/mol. The number of carbonyl (C=O) groups excluding carboxylic acids is 2. The average molecular weight is 388 g/mol. The number of aryl methyl sites for hydroxylation is 1. The van der Waals surface area contributed by atoms with Crippen LogP contribution >= 0.6 is 0 Å². The maximum atomic E-state index is 13.1.